The number of rotatable bonds is 5. The summed E-state index contributed by atoms with van der Waals surface area (Å²) in [7, 11) is 0. The molecule has 3 aliphatic rings. The molecule has 3 aliphatic heterocycles. The normalized spacial score (nSPS) is 27.0. The highest BCUT2D eigenvalue weighted by molar-refractivity contribution is 14.0. The Balaban J connectivity index is 0.00000243. The Bertz CT molecular complexity index is 480. The zero-order chi connectivity index (χ0) is 17.5. The maximum atomic E-state index is 12.1. The molecule has 3 saturated heterocycles. The second-order valence-electron chi connectivity index (χ2n) is 7.75. The standard InChI is InChI=1S/C19H34N4O2.HI/c1-2-20-18(23-13-8-19(15-23)9-14-25-16-19)21-10-6-12-22-11-5-3-4-7-17(22)24;/h2-16H2,1H3,(H,20,21);1H. The molecule has 0 aromatic heterocycles. The molecule has 7 heteroatoms. The molecule has 0 saturated carbocycles. The Kier molecular flexibility index (Phi) is 8.93. The van der Waals surface area contributed by atoms with Gasteiger partial charge in [-0.15, -0.1) is 24.0 Å². The summed E-state index contributed by atoms with van der Waals surface area (Å²) in [6.45, 7) is 9.51. The third kappa shape index (κ3) is 5.71. The van der Waals surface area contributed by atoms with Gasteiger partial charge in [0.05, 0.1) is 6.61 Å². The quantitative estimate of drug-likeness (QED) is 0.286. The van der Waals surface area contributed by atoms with Gasteiger partial charge in [-0.2, -0.15) is 0 Å². The molecule has 1 unspecified atom stereocenters. The highest BCUT2D eigenvalue weighted by Gasteiger charge is 2.42. The smallest absolute Gasteiger partial charge is 0.222 e. The Hall–Kier alpha value is -0.570. The fourth-order valence-corrected chi connectivity index (χ4v) is 4.23. The Morgan fingerprint density at radius 1 is 1.27 bits per heavy atom. The van der Waals surface area contributed by atoms with Crippen LogP contribution in [0, 0.1) is 5.41 Å². The van der Waals surface area contributed by atoms with E-state index >= 15 is 0 Å². The van der Waals surface area contributed by atoms with Crippen molar-refractivity contribution in [3.05, 3.63) is 0 Å². The van der Waals surface area contributed by atoms with E-state index in [0.717, 1.165) is 84.1 Å². The summed E-state index contributed by atoms with van der Waals surface area (Å²) in [6, 6.07) is 0. The van der Waals surface area contributed by atoms with Crippen molar-refractivity contribution < 1.29 is 9.53 Å². The van der Waals surface area contributed by atoms with E-state index in [1.807, 2.05) is 4.90 Å². The molecule has 26 heavy (non-hydrogen) atoms. The number of nitrogens with zero attached hydrogens (tertiary/aromatic N) is 3. The number of likely N-dealkylation sites (tertiary alicyclic amines) is 2. The maximum Gasteiger partial charge on any atom is 0.222 e. The molecule has 150 valence electrons. The summed E-state index contributed by atoms with van der Waals surface area (Å²) < 4.78 is 5.63. The molecule has 1 atom stereocenters. The van der Waals surface area contributed by atoms with Crippen molar-refractivity contribution in [2.24, 2.45) is 10.4 Å². The van der Waals surface area contributed by atoms with E-state index in [4.69, 9.17) is 9.73 Å². The number of halogens is 1. The summed E-state index contributed by atoms with van der Waals surface area (Å²) in [5, 5.41) is 3.44. The average Bonchev–Trinajstić information content (AvgIpc) is 3.20. The third-order valence-electron chi connectivity index (χ3n) is 5.78. The fourth-order valence-electron chi connectivity index (χ4n) is 4.23. The molecule has 0 aromatic rings. The van der Waals surface area contributed by atoms with Gasteiger partial charge in [-0.3, -0.25) is 9.79 Å². The van der Waals surface area contributed by atoms with Crippen molar-refractivity contribution in [1.82, 2.24) is 15.1 Å². The van der Waals surface area contributed by atoms with Gasteiger partial charge >= 0.3 is 0 Å². The van der Waals surface area contributed by atoms with E-state index < -0.39 is 0 Å². The fraction of sp³-hybridized carbons (Fsp3) is 0.895. The van der Waals surface area contributed by atoms with Gasteiger partial charge in [-0.05, 0) is 39.0 Å². The number of carbonyl (C=O) groups is 1. The van der Waals surface area contributed by atoms with Crippen LogP contribution in [0.1, 0.15) is 51.9 Å². The van der Waals surface area contributed by atoms with E-state index in [1.165, 1.54) is 19.3 Å². The van der Waals surface area contributed by atoms with Crippen molar-refractivity contribution in [3.63, 3.8) is 0 Å². The molecule has 1 spiro atoms. The summed E-state index contributed by atoms with van der Waals surface area (Å²) in [6.07, 6.45) is 7.45. The number of amides is 1. The van der Waals surface area contributed by atoms with E-state index in [-0.39, 0.29) is 24.0 Å². The summed E-state index contributed by atoms with van der Waals surface area (Å²) in [5.41, 5.74) is 0.356. The molecule has 0 bridgehead atoms. The lowest BCUT2D eigenvalue weighted by molar-refractivity contribution is -0.130. The van der Waals surface area contributed by atoms with Crippen LogP contribution in [0.5, 0.6) is 0 Å². The molecule has 1 N–H and O–H groups in total. The number of guanidine groups is 1. The summed E-state index contributed by atoms with van der Waals surface area (Å²) in [5.74, 6) is 1.37. The van der Waals surface area contributed by atoms with Crippen LogP contribution in [0.4, 0.5) is 0 Å². The molecular weight excluding hydrogens is 443 g/mol. The third-order valence-corrected chi connectivity index (χ3v) is 5.78. The van der Waals surface area contributed by atoms with Crippen molar-refractivity contribution in [2.45, 2.75) is 51.9 Å². The molecule has 3 heterocycles. The largest absolute Gasteiger partial charge is 0.381 e. The predicted octanol–water partition coefficient (Wildman–Crippen LogP) is 2.48. The first-order valence-electron chi connectivity index (χ1n) is 10.1. The Labute approximate surface area is 175 Å². The minimum atomic E-state index is 0. The van der Waals surface area contributed by atoms with Crippen molar-refractivity contribution in [1.29, 1.82) is 0 Å². The van der Waals surface area contributed by atoms with E-state index in [2.05, 4.69) is 17.1 Å². The molecule has 3 fully saturated rings. The zero-order valence-corrected chi connectivity index (χ0v) is 18.5. The SMILES string of the molecule is CCNC(=NCCCN1CCCCCC1=O)N1CCC2(CCOC2)C1.I. The van der Waals surface area contributed by atoms with Gasteiger partial charge in [0, 0.05) is 57.7 Å². The van der Waals surface area contributed by atoms with Gasteiger partial charge in [0.2, 0.25) is 5.91 Å². The predicted molar refractivity (Wildman–Crippen MR) is 115 cm³/mol. The number of ether oxygens (including phenoxy) is 1. The molecule has 6 nitrogen and oxygen atoms in total. The number of aliphatic imine (C=N–C) groups is 1. The number of hydrogen-bond donors (Lipinski definition) is 1. The highest BCUT2D eigenvalue weighted by atomic mass is 127. The monoisotopic (exact) mass is 478 g/mol. The number of nitrogens with one attached hydrogen (secondary N) is 1. The maximum absolute atomic E-state index is 12.1. The van der Waals surface area contributed by atoms with Gasteiger partial charge in [-0.1, -0.05) is 6.42 Å². The zero-order valence-electron chi connectivity index (χ0n) is 16.2. The first-order chi connectivity index (χ1) is 12.2. The minimum absolute atomic E-state index is 0. The van der Waals surface area contributed by atoms with E-state index in [9.17, 15) is 4.79 Å². The number of hydrogen-bond acceptors (Lipinski definition) is 3. The lowest BCUT2D eigenvalue weighted by Crippen LogP contribution is -2.41. The van der Waals surface area contributed by atoms with Crippen LogP contribution in [0.3, 0.4) is 0 Å². The molecule has 0 radical (unpaired) electrons. The van der Waals surface area contributed by atoms with Gasteiger partial charge in [-0.25, -0.2) is 0 Å². The minimum Gasteiger partial charge on any atom is -0.381 e. The molecule has 3 rings (SSSR count). The van der Waals surface area contributed by atoms with Crippen molar-refractivity contribution in [2.75, 3.05) is 52.5 Å². The Morgan fingerprint density at radius 2 is 2.15 bits per heavy atom. The van der Waals surface area contributed by atoms with Crippen LogP contribution < -0.4 is 5.32 Å². The molecular formula is C19H35IN4O2. The second-order valence-corrected chi connectivity index (χ2v) is 7.75. The van der Waals surface area contributed by atoms with E-state index in [0.29, 0.717) is 11.3 Å². The van der Waals surface area contributed by atoms with Gasteiger partial charge in [0.1, 0.15) is 0 Å². The topological polar surface area (TPSA) is 57.2 Å². The van der Waals surface area contributed by atoms with Crippen LogP contribution in [-0.4, -0.2) is 74.1 Å². The van der Waals surface area contributed by atoms with E-state index in [1.54, 1.807) is 0 Å². The Morgan fingerprint density at radius 3 is 2.92 bits per heavy atom. The van der Waals surface area contributed by atoms with Crippen LogP contribution in [-0.2, 0) is 9.53 Å². The average molecular weight is 478 g/mol. The molecule has 0 aliphatic carbocycles. The first-order valence-corrected chi connectivity index (χ1v) is 10.1. The van der Waals surface area contributed by atoms with Crippen molar-refractivity contribution >= 4 is 35.8 Å². The van der Waals surface area contributed by atoms with Gasteiger partial charge in [0.15, 0.2) is 5.96 Å². The first kappa shape index (κ1) is 21.7. The summed E-state index contributed by atoms with van der Waals surface area (Å²) >= 11 is 0. The van der Waals surface area contributed by atoms with Crippen LogP contribution in [0.25, 0.3) is 0 Å². The molecule has 0 aromatic carbocycles. The van der Waals surface area contributed by atoms with Crippen LogP contribution >= 0.6 is 24.0 Å². The lowest BCUT2D eigenvalue weighted by Gasteiger charge is -2.25. The highest BCUT2D eigenvalue weighted by Crippen LogP contribution is 2.38. The second kappa shape index (κ2) is 10.7. The van der Waals surface area contributed by atoms with Crippen LogP contribution in [0.2, 0.25) is 0 Å². The molecule has 1 amide bonds. The van der Waals surface area contributed by atoms with Crippen LogP contribution in [0.15, 0.2) is 4.99 Å². The van der Waals surface area contributed by atoms with Gasteiger partial charge in [0.25, 0.3) is 0 Å². The lowest BCUT2D eigenvalue weighted by atomic mass is 9.87. The van der Waals surface area contributed by atoms with Gasteiger partial charge < -0.3 is 19.9 Å². The van der Waals surface area contributed by atoms with Crippen molar-refractivity contribution in [3.8, 4) is 0 Å². The summed E-state index contributed by atoms with van der Waals surface area (Å²) in [4.78, 5) is 21.3. The number of carbonyl (C=O) groups excluding carboxylic acids is 1.